The highest BCUT2D eigenvalue weighted by molar-refractivity contribution is 7.89. The highest BCUT2D eigenvalue weighted by Crippen LogP contribution is 2.26. The van der Waals surface area contributed by atoms with Gasteiger partial charge in [-0.05, 0) is 56.4 Å². The van der Waals surface area contributed by atoms with Gasteiger partial charge in [0.25, 0.3) is 5.91 Å². The quantitative estimate of drug-likeness (QED) is 0.732. The minimum atomic E-state index is -3.46. The average Bonchev–Trinajstić information content (AvgIpc) is 2.96. The minimum Gasteiger partial charge on any atom is -0.484 e. The predicted molar refractivity (Wildman–Crippen MR) is 109 cm³/mol. The van der Waals surface area contributed by atoms with Gasteiger partial charge in [-0.2, -0.15) is 4.31 Å². The fourth-order valence-electron chi connectivity index (χ4n) is 4.03. The summed E-state index contributed by atoms with van der Waals surface area (Å²) in [6.45, 7) is 2.94. The van der Waals surface area contributed by atoms with Gasteiger partial charge in [0.15, 0.2) is 6.61 Å². The van der Waals surface area contributed by atoms with Gasteiger partial charge in [-0.15, -0.1) is 0 Å². The molecule has 0 unspecified atom stereocenters. The molecule has 2 fully saturated rings. The van der Waals surface area contributed by atoms with Gasteiger partial charge in [-0.25, -0.2) is 8.42 Å². The maximum Gasteiger partial charge on any atom is 0.258 e. The molecule has 0 radical (unpaired) electrons. The Morgan fingerprint density at radius 1 is 1.07 bits per heavy atom. The van der Waals surface area contributed by atoms with E-state index in [1.807, 2.05) is 6.92 Å². The number of amides is 1. The van der Waals surface area contributed by atoms with E-state index in [1.165, 1.54) is 12.8 Å². The van der Waals surface area contributed by atoms with E-state index in [-0.39, 0.29) is 18.6 Å². The molecule has 28 heavy (non-hydrogen) atoms. The summed E-state index contributed by atoms with van der Waals surface area (Å²) in [5, 5.41) is 3.06. The van der Waals surface area contributed by atoms with Gasteiger partial charge in [0.2, 0.25) is 10.0 Å². The molecule has 1 heterocycles. The van der Waals surface area contributed by atoms with Crippen molar-refractivity contribution in [3.05, 3.63) is 23.8 Å². The van der Waals surface area contributed by atoms with E-state index in [0.717, 1.165) is 50.5 Å². The zero-order chi connectivity index (χ0) is 20.0. The van der Waals surface area contributed by atoms with Crippen molar-refractivity contribution in [2.45, 2.75) is 75.6 Å². The van der Waals surface area contributed by atoms with Crippen LogP contribution in [0.15, 0.2) is 23.1 Å². The fraction of sp³-hybridized carbons (Fsp3) is 0.667. The summed E-state index contributed by atoms with van der Waals surface area (Å²) < 4.78 is 32.8. The van der Waals surface area contributed by atoms with Crippen molar-refractivity contribution in [3.63, 3.8) is 0 Å². The second kappa shape index (κ2) is 9.74. The Morgan fingerprint density at radius 2 is 1.71 bits per heavy atom. The number of carbonyl (C=O) groups excluding carboxylic acids is 1. The van der Waals surface area contributed by atoms with Gasteiger partial charge in [0, 0.05) is 19.1 Å². The Labute approximate surface area is 168 Å². The summed E-state index contributed by atoms with van der Waals surface area (Å²) in [6, 6.07) is 5.13. The van der Waals surface area contributed by atoms with Crippen molar-refractivity contribution in [1.29, 1.82) is 0 Å². The number of nitrogens with zero attached hydrogens (tertiary/aromatic N) is 1. The molecule has 2 aliphatic rings. The van der Waals surface area contributed by atoms with Crippen molar-refractivity contribution in [2.24, 2.45) is 0 Å². The summed E-state index contributed by atoms with van der Waals surface area (Å²) in [7, 11) is -3.46. The number of hydrogen-bond acceptors (Lipinski definition) is 4. The Balaban J connectivity index is 1.57. The molecule has 1 N–H and O–H groups in total. The molecule has 1 aromatic carbocycles. The van der Waals surface area contributed by atoms with Crippen molar-refractivity contribution in [1.82, 2.24) is 9.62 Å². The average molecular weight is 409 g/mol. The maximum absolute atomic E-state index is 12.8. The molecule has 0 aromatic heterocycles. The number of ether oxygens (including phenoxy) is 1. The maximum atomic E-state index is 12.8. The third-order valence-corrected chi connectivity index (χ3v) is 7.57. The Morgan fingerprint density at radius 3 is 2.36 bits per heavy atom. The second-order valence-electron chi connectivity index (χ2n) is 7.94. The number of sulfonamides is 1. The summed E-state index contributed by atoms with van der Waals surface area (Å²) in [5.74, 6) is 0.435. The number of rotatable bonds is 6. The van der Waals surface area contributed by atoms with E-state index in [9.17, 15) is 13.2 Å². The van der Waals surface area contributed by atoms with Crippen LogP contribution in [0, 0.1) is 6.92 Å². The molecule has 1 aliphatic heterocycles. The van der Waals surface area contributed by atoms with Gasteiger partial charge in [-0.3, -0.25) is 4.79 Å². The van der Waals surface area contributed by atoms with Gasteiger partial charge in [-0.1, -0.05) is 32.1 Å². The molecular weight excluding hydrogens is 376 g/mol. The SMILES string of the molecule is Cc1cc(S(=O)(=O)N2CCCCC2)ccc1OCC(=O)NC1CCCCCC1. The van der Waals surface area contributed by atoms with Crippen LogP contribution in [-0.4, -0.2) is 44.4 Å². The highest BCUT2D eigenvalue weighted by atomic mass is 32.2. The summed E-state index contributed by atoms with van der Waals surface area (Å²) in [4.78, 5) is 12.5. The number of aryl methyl sites for hydroxylation is 1. The van der Waals surface area contributed by atoms with Crippen LogP contribution in [0.1, 0.15) is 63.4 Å². The van der Waals surface area contributed by atoms with E-state index in [0.29, 0.717) is 23.7 Å². The minimum absolute atomic E-state index is 0.0461. The van der Waals surface area contributed by atoms with Crippen LogP contribution in [0.2, 0.25) is 0 Å². The van der Waals surface area contributed by atoms with Crippen LogP contribution < -0.4 is 10.1 Å². The molecule has 1 aromatic rings. The summed E-state index contributed by atoms with van der Waals surface area (Å²) in [5.41, 5.74) is 0.723. The van der Waals surface area contributed by atoms with E-state index in [1.54, 1.807) is 22.5 Å². The summed E-state index contributed by atoms with van der Waals surface area (Å²) in [6.07, 6.45) is 9.80. The molecule has 1 aliphatic carbocycles. The van der Waals surface area contributed by atoms with Crippen LogP contribution >= 0.6 is 0 Å². The molecule has 0 bridgehead atoms. The lowest BCUT2D eigenvalue weighted by atomic mass is 10.1. The third-order valence-electron chi connectivity index (χ3n) is 5.68. The van der Waals surface area contributed by atoms with E-state index >= 15 is 0 Å². The number of piperidine rings is 1. The summed E-state index contributed by atoms with van der Waals surface area (Å²) >= 11 is 0. The number of benzene rings is 1. The standard InChI is InChI=1S/C21H32N2O4S/c1-17-15-19(28(25,26)23-13-7-4-8-14-23)11-12-20(17)27-16-21(24)22-18-9-5-2-3-6-10-18/h11-12,15,18H,2-10,13-14,16H2,1H3,(H,22,24). The Hall–Kier alpha value is -1.60. The first kappa shape index (κ1) is 21.1. The van der Waals surface area contributed by atoms with E-state index in [4.69, 9.17) is 4.74 Å². The van der Waals surface area contributed by atoms with Crippen LogP contribution in [-0.2, 0) is 14.8 Å². The monoisotopic (exact) mass is 408 g/mol. The molecular formula is C21H32N2O4S. The molecule has 3 rings (SSSR count). The zero-order valence-electron chi connectivity index (χ0n) is 16.8. The van der Waals surface area contributed by atoms with Crippen LogP contribution in [0.5, 0.6) is 5.75 Å². The second-order valence-corrected chi connectivity index (χ2v) is 9.87. The van der Waals surface area contributed by atoms with E-state index in [2.05, 4.69) is 5.32 Å². The molecule has 0 atom stereocenters. The first-order valence-electron chi connectivity index (χ1n) is 10.5. The number of hydrogen-bond donors (Lipinski definition) is 1. The largest absolute Gasteiger partial charge is 0.484 e. The number of carbonyl (C=O) groups is 1. The number of nitrogens with one attached hydrogen (secondary N) is 1. The van der Waals surface area contributed by atoms with Crippen molar-refractivity contribution < 1.29 is 17.9 Å². The van der Waals surface area contributed by atoms with Crippen LogP contribution in [0.25, 0.3) is 0 Å². The van der Waals surface area contributed by atoms with Crippen LogP contribution in [0.4, 0.5) is 0 Å². The molecule has 1 amide bonds. The van der Waals surface area contributed by atoms with Gasteiger partial charge < -0.3 is 10.1 Å². The van der Waals surface area contributed by atoms with Gasteiger partial charge in [0.05, 0.1) is 4.90 Å². The molecule has 156 valence electrons. The van der Waals surface area contributed by atoms with Crippen molar-refractivity contribution in [3.8, 4) is 5.75 Å². The molecule has 1 saturated heterocycles. The predicted octanol–water partition coefficient (Wildman–Crippen LogP) is 3.39. The molecule has 0 spiro atoms. The first-order chi connectivity index (χ1) is 13.5. The van der Waals surface area contributed by atoms with Gasteiger partial charge in [0.1, 0.15) is 5.75 Å². The Kier molecular flexibility index (Phi) is 7.35. The highest BCUT2D eigenvalue weighted by Gasteiger charge is 2.26. The van der Waals surface area contributed by atoms with Crippen LogP contribution in [0.3, 0.4) is 0 Å². The lowest BCUT2D eigenvalue weighted by Crippen LogP contribution is -2.37. The van der Waals surface area contributed by atoms with Crippen molar-refractivity contribution >= 4 is 15.9 Å². The topological polar surface area (TPSA) is 75.7 Å². The first-order valence-corrected chi connectivity index (χ1v) is 11.9. The lowest BCUT2D eigenvalue weighted by Gasteiger charge is -2.26. The fourth-order valence-corrected chi connectivity index (χ4v) is 5.64. The third kappa shape index (κ3) is 5.47. The van der Waals surface area contributed by atoms with E-state index < -0.39 is 10.0 Å². The Bertz CT molecular complexity index is 765. The lowest BCUT2D eigenvalue weighted by molar-refractivity contribution is -0.123. The van der Waals surface area contributed by atoms with Crippen molar-refractivity contribution in [2.75, 3.05) is 19.7 Å². The molecule has 6 nitrogen and oxygen atoms in total. The molecule has 1 saturated carbocycles. The normalized spacial score (nSPS) is 19.8. The zero-order valence-corrected chi connectivity index (χ0v) is 17.6. The molecule has 7 heteroatoms. The van der Waals surface area contributed by atoms with Gasteiger partial charge >= 0.3 is 0 Å². The smallest absolute Gasteiger partial charge is 0.258 e.